The van der Waals surface area contributed by atoms with Crippen molar-refractivity contribution in [3.05, 3.63) is 48.3 Å². The molecule has 0 saturated carbocycles. The van der Waals surface area contributed by atoms with Gasteiger partial charge in [-0.3, -0.25) is 9.67 Å². The molecular formula is C20H33IN6O. The molecule has 28 heavy (non-hydrogen) atoms. The van der Waals surface area contributed by atoms with Gasteiger partial charge in [0.1, 0.15) is 5.75 Å². The molecule has 0 aliphatic heterocycles. The van der Waals surface area contributed by atoms with E-state index in [-0.39, 0.29) is 30.0 Å². The van der Waals surface area contributed by atoms with Gasteiger partial charge in [0, 0.05) is 31.9 Å². The van der Waals surface area contributed by atoms with Crippen molar-refractivity contribution in [1.82, 2.24) is 25.3 Å². The molecule has 8 heteroatoms. The summed E-state index contributed by atoms with van der Waals surface area (Å²) in [5, 5.41) is 11.0. The van der Waals surface area contributed by atoms with E-state index in [2.05, 4.69) is 41.7 Å². The number of benzene rings is 1. The molecule has 0 radical (unpaired) electrons. The van der Waals surface area contributed by atoms with Crippen LogP contribution in [0.4, 0.5) is 0 Å². The highest BCUT2D eigenvalue weighted by Crippen LogP contribution is 2.17. The first-order chi connectivity index (χ1) is 13.1. The summed E-state index contributed by atoms with van der Waals surface area (Å²) in [5.41, 5.74) is 1.17. The van der Waals surface area contributed by atoms with Crippen LogP contribution < -0.4 is 15.4 Å². The second-order valence-electron chi connectivity index (χ2n) is 6.59. The van der Waals surface area contributed by atoms with Gasteiger partial charge >= 0.3 is 0 Å². The Kier molecular flexibility index (Phi) is 11.6. The number of aromatic nitrogens is 2. The summed E-state index contributed by atoms with van der Waals surface area (Å²) in [6, 6.07) is 10.1. The standard InChI is InChI=1S/C20H32N6O.HI/c1-5-21-20(22-12-9-13-27-18-10-7-6-8-11-18)23-15-19(25(2)3)17-14-24-26(4)16-17;/h6-8,10-11,14,16,19H,5,9,12-13,15H2,1-4H3,(H2,21,22,23);1H. The Morgan fingerprint density at radius 3 is 2.61 bits per heavy atom. The number of aliphatic imine (C=N–C) groups is 1. The van der Waals surface area contributed by atoms with Crippen molar-refractivity contribution < 1.29 is 4.74 Å². The topological polar surface area (TPSA) is 66.7 Å². The second kappa shape index (κ2) is 13.4. The fraction of sp³-hybridized carbons (Fsp3) is 0.500. The molecule has 0 saturated heterocycles. The fourth-order valence-electron chi connectivity index (χ4n) is 2.68. The number of hydrogen-bond donors (Lipinski definition) is 2. The number of para-hydroxylation sites is 1. The lowest BCUT2D eigenvalue weighted by Gasteiger charge is -2.22. The van der Waals surface area contributed by atoms with Crippen LogP contribution in [0.1, 0.15) is 24.9 Å². The molecule has 2 aromatic rings. The zero-order valence-corrected chi connectivity index (χ0v) is 19.6. The minimum atomic E-state index is 0. The molecule has 0 aliphatic rings. The Balaban J connectivity index is 0.00000392. The summed E-state index contributed by atoms with van der Waals surface area (Å²) in [6.45, 7) is 5.03. The van der Waals surface area contributed by atoms with E-state index in [0.29, 0.717) is 13.2 Å². The molecule has 0 bridgehead atoms. The van der Waals surface area contributed by atoms with Gasteiger partial charge in [-0.1, -0.05) is 18.2 Å². The molecule has 1 aromatic carbocycles. The molecule has 1 atom stereocenters. The van der Waals surface area contributed by atoms with Crippen molar-refractivity contribution in [2.24, 2.45) is 12.0 Å². The fourth-order valence-corrected chi connectivity index (χ4v) is 2.68. The van der Waals surface area contributed by atoms with Gasteiger partial charge in [-0.15, -0.1) is 24.0 Å². The van der Waals surface area contributed by atoms with Gasteiger partial charge in [-0.05, 0) is 39.6 Å². The highest BCUT2D eigenvalue weighted by Gasteiger charge is 2.15. The average Bonchev–Trinajstić information content (AvgIpc) is 3.08. The summed E-state index contributed by atoms with van der Waals surface area (Å²) in [6.07, 6.45) is 4.85. The summed E-state index contributed by atoms with van der Waals surface area (Å²) in [4.78, 5) is 6.92. The molecule has 2 N–H and O–H groups in total. The zero-order chi connectivity index (χ0) is 19.5. The Labute approximate surface area is 185 Å². The molecule has 7 nitrogen and oxygen atoms in total. The SMILES string of the molecule is CCNC(=NCC(c1cnn(C)c1)N(C)C)NCCCOc1ccccc1.I. The zero-order valence-electron chi connectivity index (χ0n) is 17.3. The number of rotatable bonds is 10. The average molecular weight is 500 g/mol. The molecular weight excluding hydrogens is 467 g/mol. The Morgan fingerprint density at radius 2 is 2.00 bits per heavy atom. The molecule has 1 heterocycles. The van der Waals surface area contributed by atoms with Crippen LogP contribution in [0.3, 0.4) is 0 Å². The summed E-state index contributed by atoms with van der Waals surface area (Å²) in [7, 11) is 6.06. The number of hydrogen-bond acceptors (Lipinski definition) is 4. The maximum atomic E-state index is 5.72. The molecule has 2 rings (SSSR count). The molecule has 0 fully saturated rings. The van der Waals surface area contributed by atoms with Gasteiger partial charge in [-0.25, -0.2) is 0 Å². The van der Waals surface area contributed by atoms with Crippen LogP contribution in [-0.4, -0.2) is 61.0 Å². The highest BCUT2D eigenvalue weighted by atomic mass is 127. The molecule has 0 aliphatic carbocycles. The number of halogens is 1. The van der Waals surface area contributed by atoms with Gasteiger partial charge in [0.15, 0.2) is 5.96 Å². The lowest BCUT2D eigenvalue weighted by atomic mass is 10.1. The van der Waals surface area contributed by atoms with Gasteiger partial charge < -0.3 is 20.3 Å². The third-order valence-electron chi connectivity index (χ3n) is 4.13. The Morgan fingerprint density at radius 1 is 1.25 bits per heavy atom. The van der Waals surface area contributed by atoms with Crippen LogP contribution >= 0.6 is 24.0 Å². The van der Waals surface area contributed by atoms with Crippen LogP contribution in [0.25, 0.3) is 0 Å². The highest BCUT2D eigenvalue weighted by molar-refractivity contribution is 14.0. The van der Waals surface area contributed by atoms with Crippen LogP contribution in [0.2, 0.25) is 0 Å². The molecule has 156 valence electrons. The molecule has 0 spiro atoms. The normalized spacial score (nSPS) is 12.4. The monoisotopic (exact) mass is 500 g/mol. The van der Waals surface area contributed by atoms with E-state index < -0.39 is 0 Å². The van der Waals surface area contributed by atoms with Gasteiger partial charge in [0.25, 0.3) is 0 Å². The number of nitrogens with one attached hydrogen (secondary N) is 2. The van der Waals surface area contributed by atoms with E-state index >= 15 is 0 Å². The molecule has 1 aromatic heterocycles. The Bertz CT molecular complexity index is 689. The quantitative estimate of drug-likeness (QED) is 0.227. The van der Waals surface area contributed by atoms with E-state index in [1.165, 1.54) is 5.56 Å². The van der Waals surface area contributed by atoms with E-state index in [1.807, 2.05) is 54.5 Å². The first kappa shape index (κ1) is 24.2. The predicted octanol–water partition coefficient (Wildman–Crippen LogP) is 2.67. The maximum absolute atomic E-state index is 5.72. The largest absolute Gasteiger partial charge is 0.494 e. The van der Waals surface area contributed by atoms with Gasteiger partial charge in [0.05, 0.1) is 25.4 Å². The summed E-state index contributed by atoms with van der Waals surface area (Å²) in [5.74, 6) is 1.73. The van der Waals surface area contributed by atoms with Crippen LogP contribution in [0, 0.1) is 0 Å². The minimum Gasteiger partial charge on any atom is -0.494 e. The van der Waals surface area contributed by atoms with Crippen molar-refractivity contribution in [2.75, 3.05) is 40.3 Å². The van der Waals surface area contributed by atoms with Crippen LogP contribution in [-0.2, 0) is 7.05 Å². The third-order valence-corrected chi connectivity index (χ3v) is 4.13. The molecule has 1 unspecified atom stereocenters. The minimum absolute atomic E-state index is 0. The lowest BCUT2D eigenvalue weighted by Crippen LogP contribution is -2.39. The van der Waals surface area contributed by atoms with E-state index in [0.717, 1.165) is 31.2 Å². The molecule has 0 amide bonds. The first-order valence-electron chi connectivity index (χ1n) is 9.45. The third kappa shape index (κ3) is 8.47. The predicted molar refractivity (Wildman–Crippen MR) is 126 cm³/mol. The van der Waals surface area contributed by atoms with E-state index in [4.69, 9.17) is 9.73 Å². The maximum Gasteiger partial charge on any atom is 0.191 e. The summed E-state index contributed by atoms with van der Waals surface area (Å²) < 4.78 is 7.55. The van der Waals surface area contributed by atoms with E-state index in [1.54, 1.807) is 0 Å². The van der Waals surface area contributed by atoms with Gasteiger partial charge in [-0.2, -0.15) is 5.10 Å². The summed E-state index contributed by atoms with van der Waals surface area (Å²) >= 11 is 0. The first-order valence-corrected chi connectivity index (χ1v) is 9.45. The van der Waals surface area contributed by atoms with Crippen LogP contribution in [0.5, 0.6) is 5.75 Å². The van der Waals surface area contributed by atoms with Crippen molar-refractivity contribution >= 4 is 29.9 Å². The van der Waals surface area contributed by atoms with E-state index in [9.17, 15) is 0 Å². The van der Waals surface area contributed by atoms with Crippen molar-refractivity contribution in [3.63, 3.8) is 0 Å². The number of aryl methyl sites for hydroxylation is 1. The number of guanidine groups is 1. The lowest BCUT2D eigenvalue weighted by molar-refractivity contribution is 0.305. The Hall–Kier alpha value is -1.81. The van der Waals surface area contributed by atoms with Crippen LogP contribution in [0.15, 0.2) is 47.7 Å². The number of ether oxygens (including phenoxy) is 1. The van der Waals surface area contributed by atoms with Gasteiger partial charge in [0.2, 0.25) is 0 Å². The second-order valence-corrected chi connectivity index (χ2v) is 6.59. The smallest absolute Gasteiger partial charge is 0.191 e. The van der Waals surface area contributed by atoms with Crippen molar-refractivity contribution in [1.29, 1.82) is 0 Å². The van der Waals surface area contributed by atoms with Crippen molar-refractivity contribution in [2.45, 2.75) is 19.4 Å². The number of nitrogens with zero attached hydrogens (tertiary/aromatic N) is 4. The number of likely N-dealkylation sites (N-methyl/N-ethyl adjacent to an activating group) is 1. The van der Waals surface area contributed by atoms with Crippen molar-refractivity contribution in [3.8, 4) is 5.75 Å².